The Morgan fingerprint density at radius 1 is 0.344 bits per heavy atom. The van der Waals surface area contributed by atoms with Crippen molar-refractivity contribution >= 4 is 17.9 Å². The van der Waals surface area contributed by atoms with Gasteiger partial charge in [0.05, 0.1) is 0 Å². The van der Waals surface area contributed by atoms with Crippen LogP contribution in [0.2, 0.25) is 0 Å². The molecule has 0 radical (unpaired) electrons. The summed E-state index contributed by atoms with van der Waals surface area (Å²) in [5.74, 6) is -1.02. The van der Waals surface area contributed by atoms with E-state index < -0.39 is 6.10 Å². The highest BCUT2D eigenvalue weighted by Gasteiger charge is 2.19. The summed E-state index contributed by atoms with van der Waals surface area (Å²) in [5, 5.41) is 0. The molecule has 6 nitrogen and oxygen atoms in total. The topological polar surface area (TPSA) is 78.9 Å². The summed E-state index contributed by atoms with van der Waals surface area (Å²) < 4.78 is 16.7. The molecule has 0 bridgehead atoms. The zero-order chi connectivity index (χ0) is 44.4. The molecule has 344 valence electrons. The molecule has 1 atom stereocenters. The number of unbranched alkanes of at least 4 members (excludes halogenated alkanes) is 13. The van der Waals surface area contributed by atoms with Crippen LogP contribution in [0.3, 0.4) is 0 Å². The van der Waals surface area contributed by atoms with Crippen molar-refractivity contribution in [3.8, 4) is 0 Å². The maximum absolute atomic E-state index is 12.8. The highest BCUT2D eigenvalue weighted by atomic mass is 16.6. The highest BCUT2D eigenvalue weighted by molar-refractivity contribution is 5.71. The van der Waals surface area contributed by atoms with Gasteiger partial charge in [0, 0.05) is 19.3 Å². The number of carbonyl (C=O) groups excluding carboxylic acids is 3. The summed E-state index contributed by atoms with van der Waals surface area (Å²) in [6.45, 7) is 6.29. The van der Waals surface area contributed by atoms with Gasteiger partial charge >= 0.3 is 17.9 Å². The van der Waals surface area contributed by atoms with Crippen molar-refractivity contribution in [1.29, 1.82) is 0 Å². The largest absolute Gasteiger partial charge is 0.462 e. The van der Waals surface area contributed by atoms with Gasteiger partial charge in [-0.2, -0.15) is 0 Å². The van der Waals surface area contributed by atoms with Gasteiger partial charge in [0.25, 0.3) is 0 Å². The fourth-order valence-electron chi connectivity index (χ4n) is 6.12. The molecule has 0 amide bonds. The summed E-state index contributed by atoms with van der Waals surface area (Å²) in [6, 6.07) is 0. The fraction of sp³-hybridized carbons (Fsp3) is 0.618. The minimum Gasteiger partial charge on any atom is -0.462 e. The van der Waals surface area contributed by atoms with Crippen molar-refractivity contribution in [1.82, 2.24) is 0 Å². The first-order valence-corrected chi connectivity index (χ1v) is 24.4. The number of esters is 3. The third kappa shape index (κ3) is 47.0. The molecule has 0 aliphatic carbocycles. The SMILES string of the molecule is CC/C=C\C/C=C\C/C=C\C/C=C\CCCCC(=O)OC[C@H](COC(=O)CCCCCCC/C=C\CCCCCC)OC(=O)CCCC/C=C\C/C=C\C/C=C\C/C=C\CC. The van der Waals surface area contributed by atoms with Crippen LogP contribution in [0.1, 0.15) is 201 Å². The number of ether oxygens (including phenoxy) is 3. The van der Waals surface area contributed by atoms with E-state index in [1.807, 2.05) is 0 Å². The smallest absolute Gasteiger partial charge is 0.306 e. The molecule has 0 saturated carbocycles. The minimum atomic E-state index is -0.821. The van der Waals surface area contributed by atoms with E-state index in [-0.39, 0.29) is 37.5 Å². The van der Waals surface area contributed by atoms with Crippen molar-refractivity contribution in [2.45, 2.75) is 207 Å². The molecule has 0 aliphatic rings. The zero-order valence-corrected chi connectivity index (χ0v) is 39.1. The Bertz CT molecular complexity index is 1290. The van der Waals surface area contributed by atoms with Crippen LogP contribution >= 0.6 is 0 Å². The second-order valence-electron chi connectivity index (χ2n) is 15.6. The van der Waals surface area contributed by atoms with E-state index in [0.29, 0.717) is 25.7 Å². The Hall–Kier alpha value is -3.93. The third-order valence-electron chi connectivity index (χ3n) is 9.74. The van der Waals surface area contributed by atoms with Crippen LogP contribution in [0.15, 0.2) is 109 Å². The number of hydrogen-bond acceptors (Lipinski definition) is 6. The molecule has 0 saturated heterocycles. The first-order valence-electron chi connectivity index (χ1n) is 24.4. The van der Waals surface area contributed by atoms with E-state index in [9.17, 15) is 14.4 Å². The predicted octanol–water partition coefficient (Wildman–Crippen LogP) is 16.0. The molecule has 0 N–H and O–H groups in total. The molecule has 0 heterocycles. The lowest BCUT2D eigenvalue weighted by Crippen LogP contribution is -2.30. The van der Waals surface area contributed by atoms with Gasteiger partial charge in [-0.25, -0.2) is 0 Å². The molecule has 0 unspecified atom stereocenters. The van der Waals surface area contributed by atoms with Crippen molar-refractivity contribution < 1.29 is 28.6 Å². The van der Waals surface area contributed by atoms with Crippen molar-refractivity contribution in [3.63, 3.8) is 0 Å². The molecule has 0 aromatic rings. The molecule has 6 heteroatoms. The Kier molecular flexibility index (Phi) is 45.6. The van der Waals surface area contributed by atoms with E-state index in [4.69, 9.17) is 14.2 Å². The van der Waals surface area contributed by atoms with Crippen molar-refractivity contribution in [3.05, 3.63) is 109 Å². The van der Waals surface area contributed by atoms with Crippen molar-refractivity contribution in [2.75, 3.05) is 13.2 Å². The zero-order valence-electron chi connectivity index (χ0n) is 39.1. The lowest BCUT2D eigenvalue weighted by Gasteiger charge is -2.18. The van der Waals surface area contributed by atoms with E-state index in [0.717, 1.165) is 109 Å². The van der Waals surface area contributed by atoms with E-state index >= 15 is 0 Å². The Morgan fingerprint density at radius 2 is 0.639 bits per heavy atom. The van der Waals surface area contributed by atoms with Crippen LogP contribution in [-0.2, 0) is 28.6 Å². The monoisotopic (exact) mass is 845 g/mol. The average molecular weight is 845 g/mol. The quantitative estimate of drug-likeness (QED) is 0.0264. The Morgan fingerprint density at radius 3 is 1.05 bits per heavy atom. The van der Waals surface area contributed by atoms with Crippen LogP contribution in [0.5, 0.6) is 0 Å². The van der Waals surface area contributed by atoms with Crippen LogP contribution in [0, 0.1) is 0 Å². The minimum absolute atomic E-state index is 0.115. The van der Waals surface area contributed by atoms with Crippen LogP contribution in [-0.4, -0.2) is 37.2 Å². The number of rotatable bonds is 42. The van der Waals surface area contributed by atoms with Gasteiger partial charge < -0.3 is 14.2 Å². The molecule has 0 spiro atoms. The Balaban J connectivity index is 4.56. The van der Waals surface area contributed by atoms with Gasteiger partial charge in [-0.05, 0) is 122 Å². The van der Waals surface area contributed by atoms with Gasteiger partial charge in [-0.3, -0.25) is 14.4 Å². The third-order valence-corrected chi connectivity index (χ3v) is 9.74. The second kappa shape index (κ2) is 48.7. The second-order valence-corrected chi connectivity index (χ2v) is 15.6. The summed E-state index contributed by atoms with van der Waals surface area (Å²) >= 11 is 0. The molecule has 0 aromatic carbocycles. The maximum Gasteiger partial charge on any atom is 0.306 e. The molecule has 0 aliphatic heterocycles. The van der Waals surface area contributed by atoms with Gasteiger partial charge in [0.1, 0.15) is 13.2 Å². The standard InChI is InChI=1S/C55H88O6/c1-4-7-10-13-16-19-22-25-27-30-33-36-39-42-45-48-54(57)60-51-52(50-59-53(56)47-44-41-38-35-32-29-24-21-18-15-12-9-6-3)61-55(58)49-46-43-40-37-34-31-28-26-23-20-17-14-11-8-5-2/h7-8,10-11,16-17,19-21,24-28,33-34,36-37,52H,4-6,9,12-15,18,22-23,29-32,35,38-51H2,1-3H3/b10-7-,11-8-,19-16-,20-17-,24-21-,27-25-,28-26-,36-33-,37-34-/t52-/m0/s1. The van der Waals surface area contributed by atoms with Gasteiger partial charge in [0.2, 0.25) is 0 Å². The van der Waals surface area contributed by atoms with Gasteiger partial charge in [-0.15, -0.1) is 0 Å². The lowest BCUT2D eigenvalue weighted by atomic mass is 10.1. The molecule has 0 fully saturated rings. The van der Waals surface area contributed by atoms with E-state index in [1.165, 1.54) is 38.5 Å². The van der Waals surface area contributed by atoms with Crippen LogP contribution < -0.4 is 0 Å². The van der Waals surface area contributed by atoms with Crippen molar-refractivity contribution in [2.24, 2.45) is 0 Å². The van der Waals surface area contributed by atoms with E-state index in [1.54, 1.807) is 0 Å². The van der Waals surface area contributed by atoms with Crippen LogP contribution in [0.25, 0.3) is 0 Å². The van der Waals surface area contributed by atoms with E-state index in [2.05, 4.69) is 130 Å². The molecular formula is C55H88O6. The van der Waals surface area contributed by atoms with Gasteiger partial charge in [-0.1, -0.05) is 169 Å². The lowest BCUT2D eigenvalue weighted by molar-refractivity contribution is -0.167. The van der Waals surface area contributed by atoms with Crippen LogP contribution in [0.4, 0.5) is 0 Å². The highest BCUT2D eigenvalue weighted by Crippen LogP contribution is 2.12. The number of hydrogen-bond donors (Lipinski definition) is 0. The predicted molar refractivity (Wildman–Crippen MR) is 260 cm³/mol. The summed E-state index contributed by atoms with van der Waals surface area (Å²) in [4.78, 5) is 37.9. The van der Waals surface area contributed by atoms with Gasteiger partial charge in [0.15, 0.2) is 6.10 Å². The number of allylic oxidation sites excluding steroid dienone is 18. The molecule has 0 rings (SSSR count). The molecular weight excluding hydrogens is 757 g/mol. The summed E-state index contributed by atoms with van der Waals surface area (Å²) in [7, 11) is 0. The number of carbonyl (C=O) groups is 3. The molecule has 0 aromatic heterocycles. The Labute approximate surface area is 374 Å². The molecule has 61 heavy (non-hydrogen) atoms. The maximum atomic E-state index is 12.8. The fourth-order valence-corrected chi connectivity index (χ4v) is 6.12. The average Bonchev–Trinajstić information content (AvgIpc) is 3.26. The summed E-state index contributed by atoms with van der Waals surface area (Å²) in [6.07, 6.45) is 65.0. The first-order chi connectivity index (χ1) is 30.0. The first kappa shape index (κ1) is 57.1. The normalized spacial score (nSPS) is 13.0. The summed E-state index contributed by atoms with van der Waals surface area (Å²) in [5.41, 5.74) is 0.